The summed E-state index contributed by atoms with van der Waals surface area (Å²) in [4.78, 5) is 12.6. The van der Waals surface area contributed by atoms with Gasteiger partial charge in [0.05, 0.1) is 31.5 Å². The summed E-state index contributed by atoms with van der Waals surface area (Å²) in [7, 11) is 5.81. The van der Waals surface area contributed by atoms with Crippen molar-refractivity contribution >= 4 is 6.29 Å². The van der Waals surface area contributed by atoms with Crippen molar-refractivity contribution < 1.29 is 39.8 Å². The van der Waals surface area contributed by atoms with Crippen LogP contribution in [0.1, 0.15) is 128 Å². The maximum atomic E-state index is 13.2. The number of nitrogens with one attached hydrogen (secondary N) is 3. The summed E-state index contributed by atoms with van der Waals surface area (Å²) in [6.45, 7) is 11.7. The van der Waals surface area contributed by atoms with Crippen LogP contribution in [-0.2, 0) is 26.1 Å². The van der Waals surface area contributed by atoms with Gasteiger partial charge in [-0.25, -0.2) is 0 Å². The predicted molar refractivity (Wildman–Crippen MR) is 293 cm³/mol. The number of carbonyl (C=O) groups excluding carboxylic acids is 1. The SMILES string of the molecule is C=C(C=CC=C(COCC(O)CO)C1CCC2(C1O)C1C(=C(C)C=O)C(C=CC1CCO)CC2(O)CCNC)C1CC=C(C)CNC(CCOC)(C2CCCCC2CNC)Cc2cccc(c2)C12CCCCC2. The molecule has 5 aliphatic carbocycles. The minimum Gasteiger partial charge on any atom is -0.396 e. The fourth-order valence-electron chi connectivity index (χ4n) is 15.9. The van der Waals surface area contributed by atoms with Crippen LogP contribution < -0.4 is 16.0 Å². The first-order valence-electron chi connectivity index (χ1n) is 28.4. The average molecular weight is 1010 g/mol. The van der Waals surface area contributed by atoms with Crippen molar-refractivity contribution in [2.45, 2.75) is 152 Å². The summed E-state index contributed by atoms with van der Waals surface area (Å²) in [5, 5.41) is 67.9. The maximum Gasteiger partial charge on any atom is 0.145 e. The van der Waals surface area contributed by atoms with Gasteiger partial charge in [-0.15, -0.1) is 0 Å². The highest BCUT2D eigenvalue weighted by molar-refractivity contribution is 5.74. The Morgan fingerprint density at radius 2 is 1.82 bits per heavy atom. The number of ether oxygens (including phenoxy) is 2. The molecule has 1 aromatic carbocycles. The second-order valence-corrected chi connectivity index (χ2v) is 23.5. The lowest BCUT2D eigenvalue weighted by atomic mass is 9.45. The number of hydrogen-bond donors (Lipinski definition) is 8. The molecule has 1 aliphatic heterocycles. The smallest absolute Gasteiger partial charge is 0.145 e. The maximum absolute atomic E-state index is 13.2. The molecule has 1 aromatic rings. The number of aliphatic hydroxyl groups is 5. The number of benzene rings is 1. The molecule has 4 bridgehead atoms. The first kappa shape index (κ1) is 57.6. The molecular weight excluding hydrogens is 915 g/mol. The Kier molecular flexibility index (Phi) is 20.8. The average Bonchev–Trinajstić information content (AvgIpc) is 3.75. The number of fused-ring (bicyclic) bond motifs is 6. The molecule has 12 atom stereocenters. The highest BCUT2D eigenvalue weighted by Gasteiger charge is 2.68. The monoisotopic (exact) mass is 1010 g/mol. The number of aliphatic hydroxyl groups excluding tert-OH is 4. The van der Waals surface area contributed by atoms with E-state index in [2.05, 4.69) is 90.6 Å². The molecule has 1 heterocycles. The van der Waals surface area contributed by atoms with E-state index in [1.54, 1.807) is 0 Å². The zero-order valence-corrected chi connectivity index (χ0v) is 45.4. The van der Waals surface area contributed by atoms with E-state index in [0.717, 1.165) is 81.0 Å². The van der Waals surface area contributed by atoms with Gasteiger partial charge in [0.25, 0.3) is 0 Å². The number of aldehydes is 1. The topological polar surface area (TPSA) is 173 Å². The van der Waals surface area contributed by atoms with Crippen LogP contribution in [0.4, 0.5) is 0 Å². The van der Waals surface area contributed by atoms with Crippen molar-refractivity contribution in [3.63, 3.8) is 0 Å². The molecule has 8 N–H and O–H groups in total. The molecule has 0 saturated heterocycles. The minimum atomic E-state index is -1.27. The molecule has 73 heavy (non-hydrogen) atoms. The van der Waals surface area contributed by atoms with E-state index in [1.165, 1.54) is 48.8 Å². The van der Waals surface area contributed by atoms with Crippen LogP contribution in [0.25, 0.3) is 0 Å². The molecule has 11 nitrogen and oxygen atoms in total. The molecule has 0 aromatic heterocycles. The second kappa shape index (κ2) is 26.3. The summed E-state index contributed by atoms with van der Waals surface area (Å²) < 4.78 is 12.0. The first-order valence-corrected chi connectivity index (χ1v) is 28.4. The molecule has 4 fully saturated rings. The van der Waals surface area contributed by atoms with Crippen molar-refractivity contribution in [1.82, 2.24) is 16.0 Å². The lowest BCUT2D eigenvalue weighted by molar-refractivity contribution is -0.194. The van der Waals surface area contributed by atoms with E-state index < -0.39 is 35.7 Å². The molecule has 11 heteroatoms. The molecular formula is C62H95N3O8. The van der Waals surface area contributed by atoms with Gasteiger partial charge >= 0.3 is 0 Å². The second-order valence-electron chi connectivity index (χ2n) is 23.5. The van der Waals surface area contributed by atoms with Gasteiger partial charge in [-0.05, 0) is 170 Å². The van der Waals surface area contributed by atoms with Crippen molar-refractivity contribution in [2.75, 3.05) is 73.9 Å². The fourth-order valence-corrected chi connectivity index (χ4v) is 15.9. The molecule has 406 valence electrons. The summed E-state index contributed by atoms with van der Waals surface area (Å²) in [5.74, 6) is 0.162. The number of hydrogen-bond acceptors (Lipinski definition) is 11. The van der Waals surface area contributed by atoms with Crippen molar-refractivity contribution in [2.24, 2.45) is 46.8 Å². The number of methoxy groups -OCH3 is 1. The van der Waals surface area contributed by atoms with Crippen molar-refractivity contribution in [1.29, 1.82) is 0 Å². The Labute approximate surface area is 439 Å². The summed E-state index contributed by atoms with van der Waals surface area (Å²) in [6, 6.07) is 9.60. The number of carbonyl (C=O) groups is 1. The van der Waals surface area contributed by atoms with E-state index in [9.17, 15) is 30.3 Å². The van der Waals surface area contributed by atoms with Crippen molar-refractivity contribution in [3.05, 3.63) is 106 Å². The summed E-state index contributed by atoms with van der Waals surface area (Å²) >= 11 is 0. The molecule has 2 spiro atoms. The first-order chi connectivity index (χ1) is 35.3. The lowest BCUT2D eigenvalue weighted by Gasteiger charge is -2.61. The number of allylic oxidation sites excluding steroid dienone is 9. The number of rotatable bonds is 21. The van der Waals surface area contributed by atoms with Crippen LogP contribution in [-0.4, -0.2) is 129 Å². The standard InChI is InChI=1S/C62H95N3O8/c1-43-20-23-54(59(26-10-7-11-27-59)51-18-13-15-46(34-51)35-60(65-37-43,30-33-72-6)55-19-9-8-16-49(55)38-64-5)44(2)14-12-17-50(41-73-42-52(69)40-68)53-24-28-62(58(53)70)57-47(25-32-66)21-22-48(56(57)45(3)39-67)36-61(62,71)29-31-63-4/h12-15,17-18,20-22,34,39,47-49,52-55,57-58,63-66,68-71H,2,7-11,16,19,23-33,35-38,40-42H2,1,3-6H3. The fraction of sp³-hybridized carbons (Fsp3) is 0.694. The third-order valence-corrected chi connectivity index (χ3v) is 19.4. The van der Waals surface area contributed by atoms with Gasteiger partial charge in [0.2, 0.25) is 0 Å². The highest BCUT2D eigenvalue weighted by atomic mass is 16.5. The summed E-state index contributed by atoms with van der Waals surface area (Å²) in [6.07, 6.45) is 27.8. The Bertz CT molecular complexity index is 2140. The third-order valence-electron chi connectivity index (χ3n) is 19.4. The predicted octanol–water partition coefficient (Wildman–Crippen LogP) is 8.01. The van der Waals surface area contributed by atoms with Gasteiger partial charge in [0, 0.05) is 55.1 Å². The van der Waals surface area contributed by atoms with Crippen LogP contribution in [0.5, 0.6) is 0 Å². The third kappa shape index (κ3) is 12.2. The van der Waals surface area contributed by atoms with E-state index in [4.69, 9.17) is 16.1 Å². The van der Waals surface area contributed by atoms with E-state index in [-0.39, 0.29) is 54.4 Å². The van der Waals surface area contributed by atoms with Crippen LogP contribution >= 0.6 is 0 Å². The Hall–Kier alpha value is -3.07. The van der Waals surface area contributed by atoms with Crippen LogP contribution in [0.3, 0.4) is 0 Å². The van der Waals surface area contributed by atoms with E-state index in [1.807, 2.05) is 21.1 Å². The van der Waals surface area contributed by atoms with Gasteiger partial charge in [0.1, 0.15) is 12.4 Å². The minimum absolute atomic E-state index is 0.0530. The molecule has 0 radical (unpaired) electrons. The summed E-state index contributed by atoms with van der Waals surface area (Å²) in [5.41, 5.74) is 5.13. The van der Waals surface area contributed by atoms with Crippen LogP contribution in [0, 0.1) is 46.8 Å². The van der Waals surface area contributed by atoms with Crippen molar-refractivity contribution in [3.8, 4) is 0 Å². The molecule has 0 amide bonds. The Morgan fingerprint density at radius 3 is 2.55 bits per heavy atom. The quantitative estimate of drug-likeness (QED) is 0.0260. The van der Waals surface area contributed by atoms with E-state index >= 15 is 0 Å². The largest absolute Gasteiger partial charge is 0.396 e. The highest BCUT2D eigenvalue weighted by Crippen LogP contribution is 2.67. The Balaban J connectivity index is 1.26. The van der Waals surface area contributed by atoms with Gasteiger partial charge in [-0.3, -0.25) is 4.79 Å². The molecule has 7 rings (SSSR count). The molecule has 6 aliphatic rings. The van der Waals surface area contributed by atoms with Crippen LogP contribution in [0.15, 0.2) is 95.2 Å². The van der Waals surface area contributed by atoms with Gasteiger partial charge in [-0.2, -0.15) is 0 Å². The zero-order valence-electron chi connectivity index (χ0n) is 45.4. The van der Waals surface area contributed by atoms with Gasteiger partial charge < -0.3 is 51.0 Å². The lowest BCUT2D eigenvalue weighted by Crippen LogP contribution is -2.65. The molecule has 4 saturated carbocycles. The van der Waals surface area contributed by atoms with Gasteiger partial charge in [0.15, 0.2) is 0 Å². The molecule has 12 unspecified atom stereocenters. The van der Waals surface area contributed by atoms with Crippen LogP contribution in [0.2, 0.25) is 0 Å². The van der Waals surface area contributed by atoms with E-state index in [0.29, 0.717) is 62.7 Å². The normalized spacial score (nSPS) is 34.9. The zero-order chi connectivity index (χ0) is 52.2. The Morgan fingerprint density at radius 1 is 1.03 bits per heavy atom. The van der Waals surface area contributed by atoms with Gasteiger partial charge in [-0.1, -0.05) is 116 Å².